The number of hydrogen-bond donors (Lipinski definition) is 1. The Balaban J connectivity index is 2.58. The fraction of sp³-hybridized carbons (Fsp3) is 0.889. The number of carboxylic acid groups (broad SMARTS) is 1. The van der Waals surface area contributed by atoms with Crippen LogP contribution in [0, 0.1) is 5.92 Å². The summed E-state index contributed by atoms with van der Waals surface area (Å²) in [6.07, 6.45) is 1.95. The van der Waals surface area contributed by atoms with Crippen molar-refractivity contribution >= 4 is 5.97 Å². The number of rotatable bonds is 2. The van der Waals surface area contributed by atoms with E-state index in [9.17, 15) is 4.79 Å². The third-order valence-electron chi connectivity index (χ3n) is 2.67. The molecule has 0 unspecified atom stereocenters. The quantitative estimate of drug-likeness (QED) is 0.678. The van der Waals surface area contributed by atoms with E-state index in [2.05, 4.69) is 6.92 Å². The molecule has 1 aliphatic heterocycles. The zero-order chi connectivity index (χ0) is 9.14. The van der Waals surface area contributed by atoms with Crippen molar-refractivity contribution in [2.24, 2.45) is 5.92 Å². The molecule has 1 rings (SSSR count). The van der Waals surface area contributed by atoms with Gasteiger partial charge in [0.15, 0.2) is 0 Å². The largest absolute Gasteiger partial charge is 0.480 e. The maximum Gasteiger partial charge on any atom is 0.320 e. The van der Waals surface area contributed by atoms with E-state index in [1.807, 2.05) is 11.8 Å². The van der Waals surface area contributed by atoms with Crippen LogP contribution in [-0.4, -0.2) is 35.1 Å². The first-order valence-corrected chi connectivity index (χ1v) is 4.62. The SMILES string of the molecule is CCN1CC[C@@H](C)C[C@@H]1C(=O)O. The van der Waals surface area contributed by atoms with Gasteiger partial charge in [-0.15, -0.1) is 0 Å². The highest BCUT2D eigenvalue weighted by molar-refractivity contribution is 5.73. The first-order valence-electron chi connectivity index (χ1n) is 4.62. The van der Waals surface area contributed by atoms with Crippen molar-refractivity contribution in [1.82, 2.24) is 4.90 Å². The van der Waals surface area contributed by atoms with Crippen molar-refractivity contribution in [3.8, 4) is 0 Å². The van der Waals surface area contributed by atoms with Crippen molar-refractivity contribution in [3.63, 3.8) is 0 Å². The fourth-order valence-corrected chi connectivity index (χ4v) is 1.83. The van der Waals surface area contributed by atoms with Gasteiger partial charge < -0.3 is 5.11 Å². The van der Waals surface area contributed by atoms with E-state index in [0.29, 0.717) is 5.92 Å². The van der Waals surface area contributed by atoms with Crippen molar-refractivity contribution in [2.45, 2.75) is 32.7 Å². The molecule has 0 aromatic heterocycles. The standard InChI is InChI=1S/C9H17NO2/c1-3-10-5-4-7(2)6-8(10)9(11)12/h7-8H,3-6H2,1-2H3,(H,11,12)/t7-,8-/m1/s1. The van der Waals surface area contributed by atoms with Crippen molar-refractivity contribution in [3.05, 3.63) is 0 Å². The highest BCUT2D eigenvalue weighted by Gasteiger charge is 2.30. The Labute approximate surface area is 73.4 Å². The Morgan fingerprint density at radius 2 is 2.33 bits per heavy atom. The summed E-state index contributed by atoms with van der Waals surface area (Å²) >= 11 is 0. The van der Waals surface area contributed by atoms with Crippen LogP contribution >= 0.6 is 0 Å². The Hall–Kier alpha value is -0.570. The third kappa shape index (κ3) is 1.97. The fourth-order valence-electron chi connectivity index (χ4n) is 1.83. The molecular weight excluding hydrogens is 154 g/mol. The van der Waals surface area contributed by atoms with Crippen molar-refractivity contribution < 1.29 is 9.90 Å². The van der Waals surface area contributed by atoms with Gasteiger partial charge in [-0.1, -0.05) is 13.8 Å². The topological polar surface area (TPSA) is 40.5 Å². The van der Waals surface area contributed by atoms with Gasteiger partial charge in [-0.05, 0) is 31.8 Å². The number of nitrogens with zero attached hydrogens (tertiary/aromatic N) is 1. The molecule has 0 aliphatic carbocycles. The third-order valence-corrected chi connectivity index (χ3v) is 2.67. The van der Waals surface area contributed by atoms with Gasteiger partial charge in [-0.2, -0.15) is 0 Å². The van der Waals surface area contributed by atoms with Gasteiger partial charge in [0, 0.05) is 0 Å². The summed E-state index contributed by atoms with van der Waals surface area (Å²) in [6.45, 7) is 5.94. The molecule has 0 bridgehead atoms. The van der Waals surface area contributed by atoms with Crippen LogP contribution in [0.4, 0.5) is 0 Å². The van der Waals surface area contributed by atoms with Gasteiger partial charge in [0.2, 0.25) is 0 Å². The molecule has 0 spiro atoms. The molecule has 0 aromatic carbocycles. The van der Waals surface area contributed by atoms with Gasteiger partial charge in [0.25, 0.3) is 0 Å². The molecule has 1 N–H and O–H groups in total. The molecule has 0 radical (unpaired) electrons. The number of aliphatic carboxylic acids is 1. The summed E-state index contributed by atoms with van der Waals surface area (Å²) in [5.41, 5.74) is 0. The summed E-state index contributed by atoms with van der Waals surface area (Å²) < 4.78 is 0. The second-order valence-electron chi connectivity index (χ2n) is 3.61. The van der Waals surface area contributed by atoms with E-state index in [-0.39, 0.29) is 6.04 Å². The van der Waals surface area contributed by atoms with Gasteiger partial charge in [0.05, 0.1) is 0 Å². The Morgan fingerprint density at radius 1 is 1.67 bits per heavy atom. The van der Waals surface area contributed by atoms with Crippen LogP contribution in [0.25, 0.3) is 0 Å². The number of likely N-dealkylation sites (N-methyl/N-ethyl adjacent to an activating group) is 1. The van der Waals surface area contributed by atoms with E-state index >= 15 is 0 Å². The molecule has 0 amide bonds. The van der Waals surface area contributed by atoms with E-state index in [4.69, 9.17) is 5.11 Å². The predicted octanol–water partition coefficient (Wildman–Crippen LogP) is 1.19. The number of hydrogen-bond acceptors (Lipinski definition) is 2. The lowest BCUT2D eigenvalue weighted by molar-refractivity contribution is -0.145. The van der Waals surface area contributed by atoms with Gasteiger partial charge >= 0.3 is 5.97 Å². The second-order valence-corrected chi connectivity index (χ2v) is 3.61. The molecule has 0 saturated carbocycles. The summed E-state index contributed by atoms with van der Waals surface area (Å²) in [4.78, 5) is 12.9. The van der Waals surface area contributed by atoms with Crippen molar-refractivity contribution in [2.75, 3.05) is 13.1 Å². The first-order chi connectivity index (χ1) is 5.65. The second kappa shape index (κ2) is 3.90. The Morgan fingerprint density at radius 3 is 2.83 bits per heavy atom. The Bertz CT molecular complexity index is 170. The van der Waals surface area contributed by atoms with Gasteiger partial charge in [0.1, 0.15) is 6.04 Å². The summed E-state index contributed by atoms with van der Waals surface area (Å²) in [6, 6.07) is -0.237. The summed E-state index contributed by atoms with van der Waals surface area (Å²) in [5.74, 6) is -0.0997. The Kier molecular flexibility index (Phi) is 3.09. The number of piperidine rings is 1. The molecule has 1 saturated heterocycles. The van der Waals surface area contributed by atoms with Crippen LogP contribution < -0.4 is 0 Å². The summed E-state index contributed by atoms with van der Waals surface area (Å²) in [7, 11) is 0. The monoisotopic (exact) mass is 171 g/mol. The molecule has 1 fully saturated rings. The van der Waals surface area contributed by atoms with Crippen LogP contribution in [0.3, 0.4) is 0 Å². The predicted molar refractivity (Wildman–Crippen MR) is 47.1 cm³/mol. The van der Waals surface area contributed by atoms with Gasteiger partial charge in [-0.3, -0.25) is 9.69 Å². The summed E-state index contributed by atoms with van der Waals surface area (Å²) in [5, 5.41) is 8.92. The minimum atomic E-state index is -0.664. The molecule has 1 heterocycles. The molecule has 0 aromatic rings. The maximum atomic E-state index is 10.8. The average molecular weight is 171 g/mol. The highest BCUT2D eigenvalue weighted by atomic mass is 16.4. The molecule has 3 nitrogen and oxygen atoms in total. The zero-order valence-electron chi connectivity index (χ0n) is 7.79. The molecule has 3 heteroatoms. The smallest absolute Gasteiger partial charge is 0.320 e. The minimum absolute atomic E-state index is 0.237. The maximum absolute atomic E-state index is 10.8. The van der Waals surface area contributed by atoms with Gasteiger partial charge in [-0.25, -0.2) is 0 Å². The number of likely N-dealkylation sites (tertiary alicyclic amines) is 1. The van der Waals surface area contributed by atoms with E-state index in [1.54, 1.807) is 0 Å². The number of carboxylic acids is 1. The first kappa shape index (κ1) is 9.52. The zero-order valence-corrected chi connectivity index (χ0v) is 7.79. The van der Waals surface area contributed by atoms with Crippen LogP contribution in [-0.2, 0) is 4.79 Å². The molecule has 12 heavy (non-hydrogen) atoms. The van der Waals surface area contributed by atoms with E-state index in [1.165, 1.54) is 0 Å². The molecular formula is C9H17NO2. The molecule has 2 atom stereocenters. The lowest BCUT2D eigenvalue weighted by Gasteiger charge is -2.34. The normalized spacial score (nSPS) is 31.8. The molecule has 70 valence electrons. The van der Waals surface area contributed by atoms with Crippen molar-refractivity contribution in [1.29, 1.82) is 0 Å². The average Bonchev–Trinajstić information content (AvgIpc) is 2.04. The molecule has 1 aliphatic rings. The lowest BCUT2D eigenvalue weighted by Crippen LogP contribution is -2.46. The van der Waals surface area contributed by atoms with E-state index < -0.39 is 5.97 Å². The minimum Gasteiger partial charge on any atom is -0.480 e. The number of carbonyl (C=O) groups is 1. The van der Waals surface area contributed by atoms with Crippen LogP contribution in [0.15, 0.2) is 0 Å². The highest BCUT2D eigenvalue weighted by Crippen LogP contribution is 2.21. The van der Waals surface area contributed by atoms with E-state index in [0.717, 1.165) is 25.9 Å². The lowest BCUT2D eigenvalue weighted by atomic mass is 9.92. The van der Waals surface area contributed by atoms with Crippen LogP contribution in [0.5, 0.6) is 0 Å². The van der Waals surface area contributed by atoms with Crippen LogP contribution in [0.1, 0.15) is 26.7 Å². The van der Waals surface area contributed by atoms with Crippen LogP contribution in [0.2, 0.25) is 0 Å².